The highest BCUT2D eigenvalue weighted by Crippen LogP contribution is 2.18. The number of unbranched alkanes of at least 4 members (excludes halogenated alkanes) is 2. The zero-order valence-corrected chi connectivity index (χ0v) is 23.6. The third-order valence-corrected chi connectivity index (χ3v) is 7.15. The summed E-state index contributed by atoms with van der Waals surface area (Å²) >= 11 is 0. The number of carbonyl (C=O) groups is 2. The van der Waals surface area contributed by atoms with Gasteiger partial charge in [0.15, 0.2) is 0 Å². The van der Waals surface area contributed by atoms with Gasteiger partial charge in [-0.05, 0) is 55.3 Å². The fourth-order valence-electron chi connectivity index (χ4n) is 4.37. The number of nitrogens with one attached hydrogen (secondary N) is 2. The summed E-state index contributed by atoms with van der Waals surface area (Å²) in [5.41, 5.74) is 8.28. The lowest BCUT2D eigenvalue weighted by atomic mass is 10.2. The van der Waals surface area contributed by atoms with Crippen LogP contribution in [0.5, 0.6) is 0 Å². The second-order valence-electron chi connectivity index (χ2n) is 9.70. The van der Waals surface area contributed by atoms with Crippen LogP contribution >= 0.6 is 9.24 Å². The van der Waals surface area contributed by atoms with E-state index in [1.54, 1.807) is 59.6 Å². The number of carbonyl (C=O) groups excluding carboxylic acids is 2. The zero-order valence-electron chi connectivity index (χ0n) is 22.4. The van der Waals surface area contributed by atoms with Gasteiger partial charge in [0, 0.05) is 43.4 Å². The number of aromatic nitrogens is 1. The highest BCUT2D eigenvalue weighted by Gasteiger charge is 2.17. The second-order valence-corrected chi connectivity index (χ2v) is 10.3. The largest absolute Gasteiger partial charge is 0.397 e. The maximum absolute atomic E-state index is 14.0. The molecule has 3 amide bonds. The molecule has 0 bridgehead atoms. The van der Waals surface area contributed by atoms with Gasteiger partial charge < -0.3 is 26.0 Å². The Bertz CT molecular complexity index is 1290. The van der Waals surface area contributed by atoms with Gasteiger partial charge >= 0.3 is 6.03 Å². The van der Waals surface area contributed by atoms with Crippen molar-refractivity contribution in [3.05, 3.63) is 77.9 Å². The molecule has 4 N–H and O–H groups in total. The van der Waals surface area contributed by atoms with E-state index < -0.39 is 5.82 Å². The van der Waals surface area contributed by atoms with Crippen LogP contribution in [0, 0.1) is 5.82 Å². The van der Waals surface area contributed by atoms with Crippen molar-refractivity contribution in [2.45, 2.75) is 25.8 Å². The lowest BCUT2D eigenvalue weighted by molar-refractivity contribution is 0.0371. The Hall–Kier alpha value is -3.59. The van der Waals surface area contributed by atoms with E-state index in [0.717, 1.165) is 57.7 Å². The highest BCUT2D eigenvalue weighted by molar-refractivity contribution is 7.27. The standard InChI is InChI=1S/C29H36FN6O3P/c30-23-18-22(9-11-27(23)40)33-29(38)36(13-5-1-4-12-35-14-16-39-17-15-35)20-21-8-10-26(32-19-21)28(37)34-25-7-3-2-6-24(25)31/h2-3,6-11,18-19H,1,4-5,12-17,20,31,40H2,(H,33,38)(H,34,37). The number of morpholine rings is 1. The smallest absolute Gasteiger partial charge is 0.322 e. The van der Waals surface area contributed by atoms with Crippen LogP contribution in [-0.2, 0) is 11.3 Å². The molecule has 9 nitrogen and oxygen atoms in total. The van der Waals surface area contributed by atoms with Crippen molar-refractivity contribution < 1.29 is 18.7 Å². The lowest BCUT2D eigenvalue weighted by Gasteiger charge is -2.27. The number of rotatable bonds is 11. The number of anilines is 3. The summed E-state index contributed by atoms with van der Waals surface area (Å²) in [6.45, 7) is 5.30. The second kappa shape index (κ2) is 14.7. The maximum atomic E-state index is 14.0. The van der Waals surface area contributed by atoms with E-state index >= 15 is 0 Å². The van der Waals surface area contributed by atoms with E-state index in [9.17, 15) is 14.0 Å². The first-order valence-corrected chi connectivity index (χ1v) is 14.0. The number of urea groups is 1. The van der Waals surface area contributed by atoms with Gasteiger partial charge in [0.1, 0.15) is 11.5 Å². The van der Waals surface area contributed by atoms with Crippen LogP contribution < -0.4 is 21.7 Å². The van der Waals surface area contributed by atoms with E-state index in [2.05, 4.69) is 29.8 Å². The summed E-state index contributed by atoms with van der Waals surface area (Å²) in [6.07, 6.45) is 4.42. The summed E-state index contributed by atoms with van der Waals surface area (Å²) in [5.74, 6) is -0.785. The molecule has 4 rings (SSSR count). The maximum Gasteiger partial charge on any atom is 0.322 e. The number of nitrogen functional groups attached to an aromatic ring is 1. The monoisotopic (exact) mass is 566 g/mol. The Morgan fingerprint density at radius 2 is 1.85 bits per heavy atom. The SMILES string of the molecule is Nc1ccccc1NC(=O)c1ccc(CN(CCCCCN2CCOCC2)C(=O)Nc2ccc(P)c(F)c2)cn1. The number of ether oxygens (including phenoxy) is 1. The van der Waals surface area contributed by atoms with Gasteiger partial charge in [-0.1, -0.05) is 30.7 Å². The van der Waals surface area contributed by atoms with Crippen LogP contribution in [-0.4, -0.2) is 66.1 Å². The molecule has 1 unspecified atom stereocenters. The average Bonchev–Trinajstić information content (AvgIpc) is 2.96. The molecule has 0 radical (unpaired) electrons. The molecule has 2 aromatic carbocycles. The number of amides is 3. The van der Waals surface area contributed by atoms with Crippen molar-refractivity contribution in [1.82, 2.24) is 14.8 Å². The van der Waals surface area contributed by atoms with E-state index in [1.807, 2.05) is 0 Å². The number of pyridine rings is 1. The van der Waals surface area contributed by atoms with Crippen LogP contribution in [0.4, 0.5) is 26.2 Å². The van der Waals surface area contributed by atoms with Crippen molar-refractivity contribution in [2.24, 2.45) is 0 Å². The minimum atomic E-state index is -0.409. The molecule has 1 fully saturated rings. The van der Waals surface area contributed by atoms with E-state index in [4.69, 9.17) is 10.5 Å². The van der Waals surface area contributed by atoms with Crippen LogP contribution in [0.15, 0.2) is 60.8 Å². The first kappa shape index (κ1) is 29.4. The average molecular weight is 567 g/mol. The number of halogens is 1. The van der Waals surface area contributed by atoms with Crippen molar-refractivity contribution in [2.75, 3.05) is 55.8 Å². The summed E-state index contributed by atoms with van der Waals surface area (Å²) in [5, 5.41) is 6.00. The van der Waals surface area contributed by atoms with Gasteiger partial charge in [0.2, 0.25) is 0 Å². The quantitative estimate of drug-likeness (QED) is 0.183. The Morgan fingerprint density at radius 3 is 2.58 bits per heavy atom. The molecule has 2 heterocycles. The Kier molecular flexibility index (Phi) is 10.8. The first-order chi connectivity index (χ1) is 19.4. The summed E-state index contributed by atoms with van der Waals surface area (Å²) in [7, 11) is 2.32. The van der Waals surface area contributed by atoms with Crippen LogP contribution in [0.3, 0.4) is 0 Å². The van der Waals surface area contributed by atoms with Gasteiger partial charge in [0.25, 0.3) is 5.91 Å². The van der Waals surface area contributed by atoms with Crippen molar-refractivity contribution >= 4 is 43.5 Å². The number of hydrogen-bond acceptors (Lipinski definition) is 6. The molecule has 212 valence electrons. The molecule has 1 atom stereocenters. The number of hydrogen-bond donors (Lipinski definition) is 3. The third-order valence-electron chi connectivity index (χ3n) is 6.68. The fraction of sp³-hybridized carbons (Fsp3) is 0.345. The normalized spacial score (nSPS) is 13.6. The third kappa shape index (κ3) is 8.71. The molecule has 1 aliphatic rings. The van der Waals surface area contributed by atoms with Gasteiger partial charge in [-0.3, -0.25) is 14.7 Å². The molecule has 1 saturated heterocycles. The van der Waals surface area contributed by atoms with Gasteiger partial charge in [-0.25, -0.2) is 9.18 Å². The number of para-hydroxylation sites is 2. The Morgan fingerprint density at radius 1 is 1.05 bits per heavy atom. The van der Waals surface area contributed by atoms with Gasteiger partial charge in [-0.2, -0.15) is 0 Å². The van der Waals surface area contributed by atoms with Gasteiger partial charge in [0.05, 0.1) is 24.6 Å². The van der Waals surface area contributed by atoms with Gasteiger partial charge in [-0.15, -0.1) is 9.24 Å². The lowest BCUT2D eigenvalue weighted by Crippen LogP contribution is -2.37. The van der Waals surface area contributed by atoms with Crippen molar-refractivity contribution in [1.29, 1.82) is 0 Å². The van der Waals surface area contributed by atoms with Crippen molar-refractivity contribution in [3.8, 4) is 0 Å². The Labute approximate surface area is 236 Å². The topological polar surface area (TPSA) is 113 Å². The fourth-order valence-corrected chi connectivity index (χ4v) is 4.55. The molecule has 0 aliphatic carbocycles. The van der Waals surface area contributed by atoms with Crippen LogP contribution in [0.2, 0.25) is 0 Å². The molecular weight excluding hydrogens is 530 g/mol. The molecule has 1 aliphatic heterocycles. The van der Waals surface area contributed by atoms with E-state index in [0.29, 0.717) is 35.5 Å². The molecular formula is C29H36FN6O3P. The minimum absolute atomic E-state index is 0.235. The Balaban J connectivity index is 1.36. The predicted octanol–water partition coefficient (Wildman–Crippen LogP) is 4.09. The summed E-state index contributed by atoms with van der Waals surface area (Å²) < 4.78 is 19.4. The van der Waals surface area contributed by atoms with Crippen LogP contribution in [0.1, 0.15) is 35.3 Å². The van der Waals surface area contributed by atoms with E-state index in [1.165, 1.54) is 6.07 Å². The zero-order chi connectivity index (χ0) is 28.3. The molecule has 3 aromatic rings. The number of nitrogens with zero attached hydrogens (tertiary/aromatic N) is 3. The molecule has 0 saturated carbocycles. The molecule has 40 heavy (non-hydrogen) atoms. The van der Waals surface area contributed by atoms with Crippen molar-refractivity contribution in [3.63, 3.8) is 0 Å². The highest BCUT2D eigenvalue weighted by atomic mass is 31.0. The molecule has 11 heteroatoms. The summed E-state index contributed by atoms with van der Waals surface area (Å²) in [6, 6.07) is 14.6. The first-order valence-electron chi connectivity index (χ1n) is 13.4. The predicted molar refractivity (Wildman–Crippen MR) is 159 cm³/mol. The molecule has 1 aromatic heterocycles. The summed E-state index contributed by atoms with van der Waals surface area (Å²) in [4.78, 5) is 34.2. The number of nitrogens with two attached hydrogens (primary N) is 1. The number of benzene rings is 2. The van der Waals surface area contributed by atoms with Crippen LogP contribution in [0.25, 0.3) is 0 Å². The van der Waals surface area contributed by atoms with E-state index in [-0.39, 0.29) is 17.6 Å². The molecule has 0 spiro atoms. The minimum Gasteiger partial charge on any atom is -0.397 e.